The van der Waals surface area contributed by atoms with Crippen LogP contribution in [0.1, 0.15) is 37.8 Å². The smallest absolute Gasteiger partial charge is 0.315 e. The second-order valence-electron chi connectivity index (χ2n) is 5.78. The van der Waals surface area contributed by atoms with Crippen molar-refractivity contribution < 1.29 is 14.3 Å². The highest BCUT2D eigenvalue weighted by molar-refractivity contribution is 5.74. The number of carbonyl (C=O) groups is 1. The normalized spacial score (nSPS) is 18.5. The molecule has 1 aliphatic carbocycles. The second kappa shape index (κ2) is 6.24. The van der Waals surface area contributed by atoms with Crippen molar-refractivity contribution in [1.29, 1.82) is 0 Å². The minimum absolute atomic E-state index is 0.0674. The van der Waals surface area contributed by atoms with E-state index in [4.69, 9.17) is 9.47 Å². The maximum atomic E-state index is 11.9. The molecule has 0 bridgehead atoms. The molecule has 0 spiro atoms. The Labute approximate surface area is 125 Å². The molecule has 2 amide bonds. The summed E-state index contributed by atoms with van der Waals surface area (Å²) in [5, 5.41) is 5.90. The van der Waals surface area contributed by atoms with Crippen molar-refractivity contribution in [1.82, 2.24) is 10.6 Å². The van der Waals surface area contributed by atoms with Crippen LogP contribution in [0.2, 0.25) is 0 Å². The van der Waals surface area contributed by atoms with E-state index >= 15 is 0 Å². The minimum Gasteiger partial charge on any atom is -0.486 e. The lowest BCUT2D eigenvalue weighted by atomic mass is 9.85. The van der Waals surface area contributed by atoms with Crippen LogP contribution in [0.25, 0.3) is 0 Å². The molecule has 1 aromatic carbocycles. The number of hydrogen-bond donors (Lipinski definition) is 2. The molecule has 2 N–H and O–H groups in total. The number of hydrogen-bond acceptors (Lipinski definition) is 3. The van der Waals surface area contributed by atoms with Gasteiger partial charge in [0.05, 0.1) is 6.04 Å². The highest BCUT2D eigenvalue weighted by atomic mass is 16.6. The molecule has 0 saturated heterocycles. The number of ether oxygens (including phenoxy) is 2. The lowest BCUT2D eigenvalue weighted by Gasteiger charge is -2.26. The van der Waals surface area contributed by atoms with E-state index in [2.05, 4.69) is 10.6 Å². The van der Waals surface area contributed by atoms with Crippen molar-refractivity contribution in [3.8, 4) is 11.5 Å². The summed E-state index contributed by atoms with van der Waals surface area (Å²) in [4.78, 5) is 11.9. The second-order valence-corrected chi connectivity index (χ2v) is 5.78. The molecule has 1 saturated carbocycles. The van der Waals surface area contributed by atoms with Crippen molar-refractivity contribution in [2.45, 2.75) is 32.2 Å². The van der Waals surface area contributed by atoms with E-state index in [9.17, 15) is 4.79 Å². The van der Waals surface area contributed by atoms with Gasteiger partial charge in [0.1, 0.15) is 13.2 Å². The highest BCUT2D eigenvalue weighted by Gasteiger charge is 2.19. The van der Waals surface area contributed by atoms with Crippen LogP contribution in [-0.2, 0) is 0 Å². The summed E-state index contributed by atoms with van der Waals surface area (Å²) in [6.07, 6.45) is 3.76. The summed E-state index contributed by atoms with van der Waals surface area (Å²) in [6, 6.07) is 5.62. The summed E-state index contributed by atoms with van der Waals surface area (Å²) in [5.74, 6) is 2.19. The Kier molecular flexibility index (Phi) is 4.18. The molecule has 0 aromatic heterocycles. The van der Waals surface area contributed by atoms with Crippen LogP contribution < -0.4 is 20.1 Å². The van der Waals surface area contributed by atoms with E-state index in [-0.39, 0.29) is 12.1 Å². The van der Waals surface area contributed by atoms with Gasteiger partial charge >= 0.3 is 6.03 Å². The molecule has 1 aromatic rings. The predicted molar refractivity (Wildman–Crippen MR) is 79.7 cm³/mol. The van der Waals surface area contributed by atoms with Crippen LogP contribution in [0.15, 0.2) is 18.2 Å². The summed E-state index contributed by atoms with van der Waals surface area (Å²) in [7, 11) is 0. The molecule has 1 heterocycles. The third-order valence-electron chi connectivity index (χ3n) is 4.19. The van der Waals surface area contributed by atoms with Crippen molar-refractivity contribution in [3.63, 3.8) is 0 Å². The van der Waals surface area contributed by atoms with Gasteiger partial charge in [0.15, 0.2) is 11.5 Å². The van der Waals surface area contributed by atoms with Gasteiger partial charge in [-0.3, -0.25) is 0 Å². The molecule has 2 aliphatic rings. The van der Waals surface area contributed by atoms with Crippen molar-refractivity contribution in [2.75, 3.05) is 19.8 Å². The molecule has 0 radical (unpaired) electrons. The zero-order chi connectivity index (χ0) is 14.7. The van der Waals surface area contributed by atoms with E-state index < -0.39 is 0 Å². The molecule has 5 nitrogen and oxygen atoms in total. The maximum Gasteiger partial charge on any atom is 0.315 e. The van der Waals surface area contributed by atoms with E-state index in [1.807, 2.05) is 25.1 Å². The quantitative estimate of drug-likeness (QED) is 0.896. The first-order valence-corrected chi connectivity index (χ1v) is 7.66. The molecule has 3 rings (SSSR count). The fraction of sp³-hybridized carbons (Fsp3) is 0.562. The predicted octanol–water partition coefficient (Wildman–Crippen LogP) is 2.62. The van der Waals surface area contributed by atoms with Gasteiger partial charge < -0.3 is 20.1 Å². The first kappa shape index (κ1) is 14.0. The van der Waals surface area contributed by atoms with Crippen LogP contribution in [-0.4, -0.2) is 25.8 Å². The number of nitrogens with one attached hydrogen (secondary N) is 2. The average molecular weight is 290 g/mol. The first-order valence-electron chi connectivity index (χ1n) is 7.66. The van der Waals surface area contributed by atoms with Gasteiger partial charge in [-0.25, -0.2) is 4.79 Å². The van der Waals surface area contributed by atoms with Gasteiger partial charge in [-0.2, -0.15) is 0 Å². The molecule has 114 valence electrons. The molecular weight excluding hydrogens is 268 g/mol. The lowest BCUT2D eigenvalue weighted by Crippen LogP contribution is -2.40. The van der Waals surface area contributed by atoms with Gasteiger partial charge in [-0.05, 0) is 43.4 Å². The Bertz CT molecular complexity index is 514. The number of amides is 2. The third-order valence-corrected chi connectivity index (χ3v) is 4.19. The fourth-order valence-electron chi connectivity index (χ4n) is 2.59. The molecule has 5 heteroatoms. The monoisotopic (exact) mass is 290 g/mol. The lowest BCUT2D eigenvalue weighted by molar-refractivity contribution is 0.171. The molecular formula is C16H22N2O3. The Morgan fingerprint density at radius 1 is 1.29 bits per heavy atom. The molecule has 21 heavy (non-hydrogen) atoms. The standard InChI is InChI=1S/C16H22N2O3/c1-11(18-16(19)17-10-12-3-2-4-12)13-5-6-14-15(9-13)21-8-7-20-14/h5-6,9,11-12H,2-4,7-8,10H2,1H3,(H2,17,18,19)/t11-/m1/s1. The summed E-state index contributed by atoms with van der Waals surface area (Å²) in [6.45, 7) is 3.90. The molecule has 0 unspecified atom stereocenters. The number of benzene rings is 1. The molecule has 1 fully saturated rings. The van der Waals surface area contributed by atoms with Crippen LogP contribution in [0.3, 0.4) is 0 Å². The molecule has 1 aliphatic heterocycles. The average Bonchev–Trinajstić information content (AvgIpc) is 2.45. The zero-order valence-electron chi connectivity index (χ0n) is 12.4. The van der Waals surface area contributed by atoms with E-state index in [0.29, 0.717) is 19.1 Å². The van der Waals surface area contributed by atoms with E-state index in [0.717, 1.165) is 23.6 Å². The van der Waals surface area contributed by atoms with Gasteiger partial charge in [-0.1, -0.05) is 12.5 Å². The Balaban J connectivity index is 1.54. The highest BCUT2D eigenvalue weighted by Crippen LogP contribution is 2.32. The van der Waals surface area contributed by atoms with Crippen LogP contribution >= 0.6 is 0 Å². The summed E-state index contributed by atoms with van der Waals surface area (Å²) in [5.41, 5.74) is 1.01. The summed E-state index contributed by atoms with van der Waals surface area (Å²) < 4.78 is 11.1. The van der Waals surface area contributed by atoms with Crippen molar-refractivity contribution in [3.05, 3.63) is 23.8 Å². The largest absolute Gasteiger partial charge is 0.486 e. The number of urea groups is 1. The maximum absolute atomic E-state index is 11.9. The van der Waals surface area contributed by atoms with E-state index in [1.54, 1.807) is 0 Å². The SMILES string of the molecule is C[C@@H](NC(=O)NCC1CCC1)c1ccc2c(c1)OCCO2. The topological polar surface area (TPSA) is 59.6 Å². The number of rotatable bonds is 4. The Hall–Kier alpha value is -1.91. The first-order chi connectivity index (χ1) is 10.2. The number of fused-ring (bicyclic) bond motifs is 1. The summed E-state index contributed by atoms with van der Waals surface area (Å²) >= 11 is 0. The van der Waals surface area contributed by atoms with Gasteiger partial charge in [0, 0.05) is 6.54 Å². The number of carbonyl (C=O) groups excluding carboxylic acids is 1. The van der Waals surface area contributed by atoms with Crippen molar-refractivity contribution >= 4 is 6.03 Å². The Morgan fingerprint density at radius 3 is 2.76 bits per heavy atom. The zero-order valence-corrected chi connectivity index (χ0v) is 12.4. The van der Waals surface area contributed by atoms with Gasteiger partial charge in [0.2, 0.25) is 0 Å². The fourth-order valence-corrected chi connectivity index (χ4v) is 2.59. The van der Waals surface area contributed by atoms with Gasteiger partial charge in [-0.15, -0.1) is 0 Å². The van der Waals surface area contributed by atoms with E-state index in [1.165, 1.54) is 19.3 Å². The van der Waals surface area contributed by atoms with Crippen LogP contribution in [0.5, 0.6) is 11.5 Å². The third kappa shape index (κ3) is 3.40. The molecule has 1 atom stereocenters. The minimum atomic E-state index is -0.107. The van der Waals surface area contributed by atoms with Crippen LogP contribution in [0, 0.1) is 5.92 Å². The van der Waals surface area contributed by atoms with Gasteiger partial charge in [0.25, 0.3) is 0 Å². The van der Waals surface area contributed by atoms with Crippen LogP contribution in [0.4, 0.5) is 4.79 Å². The van der Waals surface area contributed by atoms with Crippen molar-refractivity contribution in [2.24, 2.45) is 5.92 Å². The Morgan fingerprint density at radius 2 is 2.05 bits per heavy atom.